The van der Waals surface area contributed by atoms with Crippen LogP contribution in [-0.4, -0.2) is 24.2 Å². The van der Waals surface area contributed by atoms with E-state index in [0.29, 0.717) is 0 Å². The van der Waals surface area contributed by atoms with Gasteiger partial charge in [0, 0.05) is 6.42 Å². The van der Waals surface area contributed by atoms with Crippen LogP contribution in [-0.2, 0) is 17.0 Å². The van der Waals surface area contributed by atoms with Gasteiger partial charge in [-0.1, -0.05) is 80.6 Å². The molecule has 0 N–H and O–H groups in total. The molecule has 20 heavy (non-hydrogen) atoms. The maximum absolute atomic E-state index is 4.89. The molecule has 115 valence electrons. The molecule has 0 aliphatic heterocycles. The van der Waals surface area contributed by atoms with Crippen molar-refractivity contribution in [3.8, 4) is 0 Å². The average Bonchev–Trinajstić information content (AvgIpc) is 2.59. The summed E-state index contributed by atoms with van der Waals surface area (Å²) in [7, 11) is 6.24. The van der Waals surface area contributed by atoms with E-state index in [1.807, 2.05) is 0 Å². The van der Waals surface area contributed by atoms with Crippen LogP contribution in [0.2, 0.25) is 58.9 Å². The molecule has 0 atom stereocenters. The molecule has 0 saturated heterocycles. The summed E-state index contributed by atoms with van der Waals surface area (Å²) in [5, 5.41) is 5.16. The first-order chi connectivity index (χ1) is 8.75. The fourth-order valence-corrected chi connectivity index (χ4v) is 8.81. The second-order valence-electron chi connectivity index (χ2n) is 8.39. The Morgan fingerprint density at radius 2 is 1.05 bits per heavy atom. The van der Waals surface area contributed by atoms with Crippen molar-refractivity contribution < 1.29 is 17.0 Å². The Balaban J connectivity index is 0.00000110. The Kier molecular flexibility index (Phi) is 8.36. The first-order valence-electron chi connectivity index (χ1n) is 7.03. The fourth-order valence-electron chi connectivity index (χ4n) is 2.18. The summed E-state index contributed by atoms with van der Waals surface area (Å²) in [4.78, 5) is 0. The molecule has 0 unspecified atom stereocenters. The van der Waals surface area contributed by atoms with Gasteiger partial charge in [0.05, 0.1) is 24.2 Å². The van der Waals surface area contributed by atoms with Crippen LogP contribution in [0.5, 0.6) is 0 Å². The van der Waals surface area contributed by atoms with E-state index in [4.69, 9.17) is 18.6 Å². The summed E-state index contributed by atoms with van der Waals surface area (Å²) in [6.45, 7) is 22.3. The molecule has 1 aliphatic rings. The molecule has 0 bridgehead atoms. The molecule has 0 aromatic carbocycles. The van der Waals surface area contributed by atoms with Gasteiger partial charge in [-0.2, -0.15) is 0 Å². The van der Waals surface area contributed by atoms with Gasteiger partial charge in [0.1, 0.15) is 0 Å². The Morgan fingerprint density at radius 3 is 1.25 bits per heavy atom. The molecule has 0 spiro atoms. The van der Waals surface area contributed by atoms with Crippen LogP contribution in [0.3, 0.4) is 0 Å². The van der Waals surface area contributed by atoms with Crippen molar-refractivity contribution in [1.29, 1.82) is 0 Å². The number of halogens is 2. The topological polar surface area (TPSA) is 0 Å². The molecule has 0 fully saturated rings. The number of rotatable bonds is 3. The monoisotopic (exact) mass is 399 g/mol. The van der Waals surface area contributed by atoms with Gasteiger partial charge in [0.2, 0.25) is 0 Å². The molecule has 0 amide bonds. The van der Waals surface area contributed by atoms with Crippen LogP contribution in [0.4, 0.5) is 0 Å². The van der Waals surface area contributed by atoms with E-state index in [-0.39, 0.29) is 0 Å². The van der Waals surface area contributed by atoms with Gasteiger partial charge in [-0.25, -0.2) is 0 Å². The van der Waals surface area contributed by atoms with Crippen molar-refractivity contribution in [3.05, 3.63) is 28.1 Å². The van der Waals surface area contributed by atoms with E-state index in [9.17, 15) is 0 Å². The van der Waals surface area contributed by atoms with Crippen LogP contribution in [0, 0.1) is 6.42 Å². The predicted octanol–water partition coefficient (Wildman–Crippen LogP) is 6.44. The van der Waals surface area contributed by atoms with E-state index < -0.39 is 41.3 Å². The average molecular weight is 400 g/mol. The maximum atomic E-state index is 4.89. The third-order valence-corrected chi connectivity index (χ3v) is 9.70. The zero-order valence-electron chi connectivity index (χ0n) is 14.4. The normalized spacial score (nSPS) is 16.6. The zero-order chi connectivity index (χ0) is 16.4. The number of allylic oxidation sites excluding steroid dienone is 4. The van der Waals surface area contributed by atoms with Crippen molar-refractivity contribution in [3.63, 3.8) is 0 Å². The summed E-state index contributed by atoms with van der Waals surface area (Å²) >= 11 is -0.556. The van der Waals surface area contributed by atoms with E-state index in [0.717, 1.165) is 0 Å². The van der Waals surface area contributed by atoms with Crippen molar-refractivity contribution in [2.75, 3.05) is 0 Å². The van der Waals surface area contributed by atoms with Gasteiger partial charge in [-0.05, 0) is 0 Å². The summed E-state index contributed by atoms with van der Waals surface area (Å²) in [5.74, 6) is 0. The molecular weight excluding hydrogens is 371 g/mol. The van der Waals surface area contributed by atoms with Gasteiger partial charge < -0.3 is 0 Å². The van der Waals surface area contributed by atoms with Crippen molar-refractivity contribution in [2.45, 2.75) is 58.9 Å². The van der Waals surface area contributed by atoms with Crippen molar-refractivity contribution >= 4 is 42.8 Å². The molecule has 0 heterocycles. The van der Waals surface area contributed by atoms with Crippen LogP contribution in [0.1, 0.15) is 0 Å². The van der Waals surface area contributed by atoms with Gasteiger partial charge in [-0.3, -0.25) is 0 Å². The number of hydrogen-bond donors (Lipinski definition) is 0. The summed E-state index contributed by atoms with van der Waals surface area (Å²) in [6.07, 6.45) is 5.15. The van der Waals surface area contributed by atoms with E-state index in [2.05, 4.69) is 71.4 Å². The van der Waals surface area contributed by atoms with Crippen LogP contribution < -0.4 is 0 Å². The summed E-state index contributed by atoms with van der Waals surface area (Å²) in [6, 6.07) is 0. The molecule has 0 saturated carbocycles. The molecule has 1 radical (unpaired) electrons. The zero-order valence-corrected chi connectivity index (χ0v) is 20.5. The van der Waals surface area contributed by atoms with Crippen LogP contribution in [0.15, 0.2) is 21.7 Å². The van der Waals surface area contributed by atoms with Gasteiger partial charge >= 0.3 is 35.6 Å². The van der Waals surface area contributed by atoms with Crippen LogP contribution >= 0.6 is 18.6 Å². The third-order valence-electron chi connectivity index (χ3n) is 3.37. The summed E-state index contributed by atoms with van der Waals surface area (Å²) in [5.41, 5.74) is 0. The molecule has 0 nitrogen and oxygen atoms in total. The Bertz CT molecular complexity index is 396. The molecule has 1 aliphatic carbocycles. The van der Waals surface area contributed by atoms with E-state index >= 15 is 0 Å². The standard InChI is InChI=1S/C14H29Si3.2ClH.Ti/c1-15(2,3)12-10-13(16(4,5)6)14(11-12)17(7,8)9;;;/h10-11H,1-9H3;2*1H;/q;;;+2/p-2. The minimum absolute atomic E-state index is 0.556. The third kappa shape index (κ3) is 6.68. The number of hydrogen-bond acceptors (Lipinski definition) is 0. The van der Waals surface area contributed by atoms with Crippen LogP contribution in [0.25, 0.3) is 0 Å². The second-order valence-corrected chi connectivity index (χ2v) is 26.1. The van der Waals surface area contributed by atoms with Gasteiger partial charge in [-0.15, -0.1) is 0 Å². The van der Waals surface area contributed by atoms with Gasteiger partial charge in [0.15, 0.2) is 0 Å². The summed E-state index contributed by atoms with van der Waals surface area (Å²) < 4.78 is 0. The second kappa shape index (κ2) is 7.80. The Hall–Kier alpha value is 1.42. The molecular formula is C14H29Cl2Si3Ti. The predicted molar refractivity (Wildman–Crippen MR) is 101 cm³/mol. The quantitative estimate of drug-likeness (QED) is 0.479. The van der Waals surface area contributed by atoms with E-state index in [1.165, 1.54) is 0 Å². The van der Waals surface area contributed by atoms with Crippen molar-refractivity contribution in [2.24, 2.45) is 0 Å². The van der Waals surface area contributed by atoms with Gasteiger partial charge in [0.25, 0.3) is 0 Å². The molecule has 0 aromatic heterocycles. The SMILES string of the molecule is C[Si](C)(C)C1=CC([Si](C)(C)C)=C([Si](C)(C)C)[CH]1.[Cl][Ti][Cl]. The van der Waals surface area contributed by atoms with Crippen molar-refractivity contribution in [1.82, 2.24) is 0 Å². The first-order valence-corrected chi connectivity index (χ1v) is 21.8. The Morgan fingerprint density at radius 1 is 0.700 bits per heavy atom. The fraction of sp³-hybridized carbons (Fsp3) is 0.643. The first kappa shape index (κ1) is 21.4. The van der Waals surface area contributed by atoms with E-state index in [1.54, 1.807) is 15.6 Å². The molecule has 0 aromatic rings. The minimum atomic E-state index is -1.19. The molecule has 6 heteroatoms. The molecule has 1 rings (SSSR count). The Labute approximate surface area is 146 Å².